The van der Waals surface area contributed by atoms with Crippen LogP contribution in [0.4, 0.5) is 11.4 Å². The fourth-order valence-electron chi connectivity index (χ4n) is 2.40. The van der Waals surface area contributed by atoms with E-state index in [1.807, 2.05) is 24.3 Å². The van der Waals surface area contributed by atoms with Gasteiger partial charge < -0.3 is 15.0 Å². The topological polar surface area (TPSA) is 41.6 Å². The van der Waals surface area contributed by atoms with Gasteiger partial charge >= 0.3 is 0 Å². The lowest BCUT2D eigenvalue weighted by molar-refractivity contribution is -0.122. The highest BCUT2D eigenvalue weighted by Crippen LogP contribution is 2.29. The maximum absolute atomic E-state index is 12.3. The van der Waals surface area contributed by atoms with Crippen LogP contribution in [0.15, 0.2) is 46.9 Å². The fraction of sp³-hybridized carbons (Fsp3) is 0.316. The number of carbonyl (C=O) groups is 1. The summed E-state index contributed by atoms with van der Waals surface area (Å²) in [6.07, 6.45) is -0.639. The van der Waals surface area contributed by atoms with Gasteiger partial charge in [-0.15, -0.1) is 0 Å². The highest BCUT2D eigenvalue weighted by molar-refractivity contribution is 9.10. The van der Waals surface area contributed by atoms with Crippen LogP contribution in [0.25, 0.3) is 0 Å². The second kappa shape index (κ2) is 9.11. The number of anilines is 2. The van der Waals surface area contributed by atoms with Crippen LogP contribution in [0, 0.1) is 0 Å². The molecule has 4 nitrogen and oxygen atoms in total. The van der Waals surface area contributed by atoms with Crippen molar-refractivity contribution in [1.82, 2.24) is 0 Å². The van der Waals surface area contributed by atoms with Crippen LogP contribution in [-0.4, -0.2) is 25.1 Å². The first-order valence-corrected chi connectivity index (χ1v) is 9.39. The van der Waals surface area contributed by atoms with Crippen molar-refractivity contribution in [2.45, 2.75) is 26.9 Å². The average Bonchev–Trinajstić information content (AvgIpc) is 2.59. The quantitative estimate of drug-likeness (QED) is 0.650. The zero-order valence-corrected chi connectivity index (χ0v) is 16.9. The average molecular weight is 426 g/mol. The Morgan fingerprint density at radius 3 is 2.40 bits per heavy atom. The predicted octanol–water partition coefficient (Wildman–Crippen LogP) is 5.35. The lowest BCUT2D eigenvalue weighted by atomic mass is 10.2. The molecule has 134 valence electrons. The van der Waals surface area contributed by atoms with Crippen molar-refractivity contribution in [3.63, 3.8) is 0 Å². The standard InChI is InChI=1S/C19H22BrClN2O2/c1-4-23(5-2)16-9-7-15(8-10-16)22-19(24)13(3)25-18-11-6-14(21)12-17(18)20/h6-13H,4-5H2,1-3H3,(H,22,24). The molecule has 2 aromatic carbocycles. The monoisotopic (exact) mass is 424 g/mol. The number of halogens is 2. The molecule has 0 aliphatic heterocycles. The molecule has 1 unspecified atom stereocenters. The second-order valence-electron chi connectivity index (χ2n) is 5.54. The maximum atomic E-state index is 12.3. The molecule has 0 aliphatic rings. The van der Waals surface area contributed by atoms with Crippen molar-refractivity contribution >= 4 is 44.8 Å². The second-order valence-corrected chi connectivity index (χ2v) is 6.83. The molecule has 0 fully saturated rings. The molecule has 0 saturated heterocycles. The first-order chi connectivity index (χ1) is 11.9. The molecular formula is C19H22BrClN2O2. The summed E-state index contributed by atoms with van der Waals surface area (Å²) in [4.78, 5) is 14.6. The van der Waals surface area contributed by atoms with E-state index in [-0.39, 0.29) is 5.91 Å². The number of hydrogen-bond acceptors (Lipinski definition) is 3. The van der Waals surface area contributed by atoms with Crippen molar-refractivity contribution < 1.29 is 9.53 Å². The van der Waals surface area contributed by atoms with Crippen molar-refractivity contribution in [2.75, 3.05) is 23.3 Å². The molecule has 1 amide bonds. The van der Waals surface area contributed by atoms with Gasteiger partial charge in [0.2, 0.25) is 0 Å². The van der Waals surface area contributed by atoms with Crippen LogP contribution in [0.2, 0.25) is 5.02 Å². The molecular weight excluding hydrogens is 404 g/mol. The number of ether oxygens (including phenoxy) is 1. The van der Waals surface area contributed by atoms with E-state index in [1.165, 1.54) is 0 Å². The van der Waals surface area contributed by atoms with Crippen LogP contribution < -0.4 is 15.0 Å². The molecule has 0 spiro atoms. The van der Waals surface area contributed by atoms with Gasteiger partial charge in [-0.2, -0.15) is 0 Å². The number of carbonyl (C=O) groups excluding carboxylic acids is 1. The first kappa shape index (κ1) is 19.6. The van der Waals surface area contributed by atoms with E-state index in [4.69, 9.17) is 16.3 Å². The summed E-state index contributed by atoms with van der Waals surface area (Å²) in [5, 5.41) is 3.47. The molecule has 6 heteroatoms. The number of rotatable bonds is 7. The Labute approximate surface area is 162 Å². The molecule has 0 aliphatic carbocycles. The van der Waals surface area contributed by atoms with Crippen LogP contribution in [0.5, 0.6) is 5.75 Å². The zero-order valence-electron chi connectivity index (χ0n) is 14.6. The highest BCUT2D eigenvalue weighted by atomic mass is 79.9. The molecule has 0 aromatic heterocycles. The smallest absolute Gasteiger partial charge is 0.265 e. The summed E-state index contributed by atoms with van der Waals surface area (Å²) in [5.41, 5.74) is 1.88. The summed E-state index contributed by atoms with van der Waals surface area (Å²) in [7, 11) is 0. The Hall–Kier alpha value is -1.72. The van der Waals surface area contributed by atoms with Crippen LogP contribution in [-0.2, 0) is 4.79 Å². The van der Waals surface area contributed by atoms with E-state index in [0.29, 0.717) is 15.2 Å². The lowest BCUT2D eigenvalue weighted by Gasteiger charge is -2.21. The minimum absolute atomic E-state index is 0.211. The van der Waals surface area contributed by atoms with Gasteiger partial charge in [0, 0.05) is 29.5 Å². The van der Waals surface area contributed by atoms with Gasteiger partial charge in [-0.25, -0.2) is 0 Å². The number of nitrogens with zero attached hydrogens (tertiary/aromatic N) is 1. The Kier molecular flexibility index (Phi) is 7.14. The molecule has 1 N–H and O–H groups in total. The normalized spacial score (nSPS) is 11.7. The van der Waals surface area contributed by atoms with Crippen molar-refractivity contribution in [2.24, 2.45) is 0 Å². The van der Waals surface area contributed by atoms with Crippen molar-refractivity contribution in [1.29, 1.82) is 0 Å². The molecule has 2 rings (SSSR count). The summed E-state index contributed by atoms with van der Waals surface area (Å²) in [6, 6.07) is 13.0. The third kappa shape index (κ3) is 5.38. The minimum atomic E-state index is -0.639. The van der Waals surface area contributed by atoms with Gasteiger partial charge in [-0.1, -0.05) is 11.6 Å². The van der Waals surface area contributed by atoms with E-state index in [9.17, 15) is 4.79 Å². The summed E-state index contributed by atoms with van der Waals surface area (Å²) in [5.74, 6) is 0.362. The molecule has 0 radical (unpaired) electrons. The lowest BCUT2D eigenvalue weighted by Crippen LogP contribution is -2.30. The molecule has 0 saturated carbocycles. The predicted molar refractivity (Wildman–Crippen MR) is 108 cm³/mol. The van der Waals surface area contributed by atoms with Gasteiger partial charge in [0.05, 0.1) is 4.47 Å². The molecule has 25 heavy (non-hydrogen) atoms. The molecule has 2 aromatic rings. The number of benzene rings is 2. The Morgan fingerprint density at radius 2 is 1.84 bits per heavy atom. The summed E-state index contributed by atoms with van der Waals surface area (Å²) in [6.45, 7) is 7.84. The van der Waals surface area contributed by atoms with Crippen LogP contribution in [0.3, 0.4) is 0 Å². The van der Waals surface area contributed by atoms with Gasteiger partial charge in [0.15, 0.2) is 6.10 Å². The van der Waals surface area contributed by atoms with Gasteiger partial charge in [0.25, 0.3) is 5.91 Å². The van der Waals surface area contributed by atoms with Gasteiger partial charge in [-0.05, 0) is 79.2 Å². The Bertz CT molecular complexity index is 718. The third-order valence-electron chi connectivity index (χ3n) is 3.83. The Morgan fingerprint density at radius 1 is 1.20 bits per heavy atom. The minimum Gasteiger partial charge on any atom is -0.480 e. The van der Waals surface area contributed by atoms with E-state index in [2.05, 4.69) is 40.0 Å². The summed E-state index contributed by atoms with van der Waals surface area (Å²) >= 11 is 9.29. The van der Waals surface area contributed by atoms with Crippen LogP contribution >= 0.6 is 27.5 Å². The summed E-state index contributed by atoms with van der Waals surface area (Å²) < 4.78 is 6.42. The van der Waals surface area contributed by atoms with Crippen LogP contribution in [0.1, 0.15) is 20.8 Å². The Balaban J connectivity index is 1.98. The molecule has 1 atom stereocenters. The SMILES string of the molecule is CCN(CC)c1ccc(NC(=O)C(C)Oc2ccc(Cl)cc2Br)cc1. The zero-order chi connectivity index (χ0) is 18.4. The number of nitrogens with one attached hydrogen (secondary N) is 1. The van der Waals surface area contributed by atoms with E-state index in [0.717, 1.165) is 24.5 Å². The number of hydrogen-bond donors (Lipinski definition) is 1. The van der Waals surface area contributed by atoms with Gasteiger partial charge in [-0.3, -0.25) is 4.79 Å². The first-order valence-electron chi connectivity index (χ1n) is 8.22. The largest absolute Gasteiger partial charge is 0.480 e. The van der Waals surface area contributed by atoms with Crippen molar-refractivity contribution in [3.8, 4) is 5.75 Å². The van der Waals surface area contributed by atoms with Gasteiger partial charge in [0.1, 0.15) is 5.75 Å². The van der Waals surface area contributed by atoms with E-state index >= 15 is 0 Å². The third-order valence-corrected chi connectivity index (χ3v) is 4.69. The van der Waals surface area contributed by atoms with E-state index in [1.54, 1.807) is 25.1 Å². The van der Waals surface area contributed by atoms with Crippen molar-refractivity contribution in [3.05, 3.63) is 52.0 Å². The number of amides is 1. The fourth-order valence-corrected chi connectivity index (χ4v) is 3.18. The van der Waals surface area contributed by atoms with E-state index < -0.39 is 6.10 Å². The highest BCUT2D eigenvalue weighted by Gasteiger charge is 2.16. The molecule has 0 bridgehead atoms. The maximum Gasteiger partial charge on any atom is 0.265 e. The molecule has 0 heterocycles.